The van der Waals surface area contributed by atoms with Gasteiger partial charge >= 0.3 is 6.09 Å². The lowest BCUT2D eigenvalue weighted by Crippen LogP contribution is -2.40. The molecule has 0 saturated carbocycles. The predicted molar refractivity (Wildman–Crippen MR) is 88.8 cm³/mol. The molecule has 3 N–H and O–H groups in total. The summed E-state index contributed by atoms with van der Waals surface area (Å²) in [6, 6.07) is -0.174. The Bertz CT molecular complexity index is 414. The fourth-order valence-electron chi connectivity index (χ4n) is 1.29. The van der Waals surface area contributed by atoms with Crippen LogP contribution in [0.25, 0.3) is 0 Å². The molecule has 1 atom stereocenters. The molecule has 0 aliphatic carbocycles. The van der Waals surface area contributed by atoms with Crippen LogP contribution in [0.5, 0.6) is 0 Å². The Kier molecular flexibility index (Phi) is 8.58. The van der Waals surface area contributed by atoms with Gasteiger partial charge in [-0.15, -0.1) is 0 Å². The minimum atomic E-state index is -0.514. The number of nitrogens with one attached hydrogen (secondary N) is 1. The fourth-order valence-corrected chi connectivity index (χ4v) is 1.58. The fraction of sp³-hybridized carbons (Fsp3) is 0.714. The van der Waals surface area contributed by atoms with E-state index >= 15 is 0 Å². The molecule has 0 aromatic heterocycles. The zero-order chi connectivity index (χ0) is 16.6. The molecule has 0 bridgehead atoms. The predicted octanol–water partition coefficient (Wildman–Crippen LogP) is 2.57. The van der Waals surface area contributed by atoms with E-state index in [1.165, 1.54) is 0 Å². The number of halogens is 1. The highest BCUT2D eigenvalue weighted by Crippen LogP contribution is 2.11. The molecule has 0 unspecified atom stereocenters. The number of aliphatic imine (C=N–C) groups is 1. The van der Waals surface area contributed by atoms with E-state index in [4.69, 9.17) is 15.2 Å². The van der Waals surface area contributed by atoms with Crippen molar-refractivity contribution in [2.45, 2.75) is 46.3 Å². The van der Waals surface area contributed by atoms with Crippen LogP contribution in [0, 0.1) is 0 Å². The van der Waals surface area contributed by atoms with Crippen molar-refractivity contribution in [1.82, 2.24) is 5.32 Å². The van der Waals surface area contributed by atoms with Gasteiger partial charge in [0.05, 0.1) is 29.4 Å². The standard InChI is InChI=1S/C14H26BrN3O3/c1-9(18-13(19)21-14(3,4)5)7-20-8-11(16)12(15)10(2)17-6/h9H,7-8,16H2,1-6H3,(H,18,19)/t9-/m1/s1. The maximum Gasteiger partial charge on any atom is 0.407 e. The Hall–Kier alpha value is -1.08. The largest absolute Gasteiger partial charge is 0.444 e. The van der Waals surface area contributed by atoms with E-state index in [1.54, 1.807) is 7.05 Å². The number of hydrogen-bond acceptors (Lipinski definition) is 5. The number of nitrogens with two attached hydrogens (primary N) is 1. The summed E-state index contributed by atoms with van der Waals surface area (Å²) in [5.74, 6) is 0. The summed E-state index contributed by atoms with van der Waals surface area (Å²) in [7, 11) is 1.69. The van der Waals surface area contributed by atoms with Crippen LogP contribution in [0.15, 0.2) is 15.2 Å². The van der Waals surface area contributed by atoms with Gasteiger partial charge < -0.3 is 20.5 Å². The summed E-state index contributed by atoms with van der Waals surface area (Å²) in [5, 5.41) is 2.69. The number of amides is 1. The van der Waals surface area contributed by atoms with Crippen LogP contribution < -0.4 is 11.1 Å². The first-order chi connectivity index (χ1) is 9.56. The maximum atomic E-state index is 11.6. The zero-order valence-corrected chi connectivity index (χ0v) is 15.2. The summed E-state index contributed by atoms with van der Waals surface area (Å²) in [6.07, 6.45) is -0.461. The third kappa shape index (κ3) is 9.47. The summed E-state index contributed by atoms with van der Waals surface area (Å²) >= 11 is 3.36. The Labute approximate surface area is 135 Å². The van der Waals surface area contributed by atoms with Gasteiger partial charge in [0.25, 0.3) is 0 Å². The summed E-state index contributed by atoms with van der Waals surface area (Å²) in [5.41, 5.74) is 6.72. The molecule has 0 saturated heterocycles. The van der Waals surface area contributed by atoms with Gasteiger partial charge in [-0.05, 0) is 50.5 Å². The maximum absolute atomic E-state index is 11.6. The number of allylic oxidation sites excluding steroid dienone is 1. The van der Waals surface area contributed by atoms with Crippen molar-refractivity contribution in [3.8, 4) is 0 Å². The average Bonchev–Trinajstić information content (AvgIpc) is 2.34. The molecule has 0 heterocycles. The Balaban J connectivity index is 4.16. The first-order valence-electron chi connectivity index (χ1n) is 6.72. The van der Waals surface area contributed by atoms with E-state index in [0.29, 0.717) is 12.3 Å². The molecule has 0 aromatic rings. The van der Waals surface area contributed by atoms with Gasteiger partial charge in [-0.2, -0.15) is 0 Å². The quantitative estimate of drug-likeness (QED) is 0.710. The van der Waals surface area contributed by atoms with Gasteiger partial charge in [-0.3, -0.25) is 4.99 Å². The van der Waals surface area contributed by atoms with Crippen molar-refractivity contribution >= 4 is 27.7 Å². The Morgan fingerprint density at radius 3 is 2.48 bits per heavy atom. The van der Waals surface area contributed by atoms with Crippen molar-refractivity contribution in [2.75, 3.05) is 20.3 Å². The summed E-state index contributed by atoms with van der Waals surface area (Å²) in [6.45, 7) is 9.72. The normalized spacial score (nSPS) is 15.3. The van der Waals surface area contributed by atoms with Crippen LogP contribution >= 0.6 is 15.9 Å². The van der Waals surface area contributed by atoms with Crippen molar-refractivity contribution < 1.29 is 14.3 Å². The van der Waals surface area contributed by atoms with Crippen LogP contribution in [0.1, 0.15) is 34.6 Å². The topological polar surface area (TPSA) is 85.9 Å². The van der Waals surface area contributed by atoms with Gasteiger partial charge in [-0.25, -0.2) is 4.79 Å². The lowest BCUT2D eigenvalue weighted by atomic mass is 10.2. The molecule has 0 aliphatic rings. The lowest BCUT2D eigenvalue weighted by molar-refractivity contribution is 0.0464. The van der Waals surface area contributed by atoms with Gasteiger partial charge in [0.15, 0.2) is 0 Å². The van der Waals surface area contributed by atoms with E-state index in [2.05, 4.69) is 26.2 Å². The molecule has 0 radical (unpaired) electrons. The minimum absolute atomic E-state index is 0.174. The Morgan fingerprint density at radius 2 is 2.00 bits per heavy atom. The van der Waals surface area contributed by atoms with E-state index < -0.39 is 11.7 Å². The highest BCUT2D eigenvalue weighted by Gasteiger charge is 2.17. The monoisotopic (exact) mass is 363 g/mol. The summed E-state index contributed by atoms with van der Waals surface area (Å²) in [4.78, 5) is 15.6. The molecule has 0 rings (SSSR count). The SMILES string of the molecule is CN=C(C)C(Br)=C(N)COC[C@@H](C)NC(=O)OC(C)(C)C. The molecular weight excluding hydrogens is 338 g/mol. The number of alkyl carbamates (subject to hydrolysis) is 1. The average molecular weight is 364 g/mol. The molecule has 1 amide bonds. The molecule has 0 aliphatic heterocycles. The second-order valence-corrected chi connectivity index (χ2v) is 6.50. The van der Waals surface area contributed by atoms with E-state index in [9.17, 15) is 4.79 Å². The molecule has 122 valence electrons. The van der Waals surface area contributed by atoms with E-state index in [1.807, 2.05) is 34.6 Å². The summed E-state index contributed by atoms with van der Waals surface area (Å²) < 4.78 is 11.4. The van der Waals surface area contributed by atoms with Crippen LogP contribution in [0.3, 0.4) is 0 Å². The first kappa shape index (κ1) is 19.9. The van der Waals surface area contributed by atoms with Crippen LogP contribution in [0.4, 0.5) is 4.79 Å². The number of ether oxygens (including phenoxy) is 2. The third-order valence-corrected chi connectivity index (χ3v) is 3.41. The minimum Gasteiger partial charge on any atom is -0.444 e. The molecule has 6 nitrogen and oxygen atoms in total. The highest BCUT2D eigenvalue weighted by molar-refractivity contribution is 9.12. The van der Waals surface area contributed by atoms with Crippen molar-refractivity contribution in [2.24, 2.45) is 10.7 Å². The zero-order valence-electron chi connectivity index (χ0n) is 13.6. The van der Waals surface area contributed by atoms with Crippen molar-refractivity contribution in [1.29, 1.82) is 0 Å². The van der Waals surface area contributed by atoms with Gasteiger partial charge in [0, 0.05) is 12.8 Å². The van der Waals surface area contributed by atoms with Crippen LogP contribution in [-0.2, 0) is 9.47 Å². The second-order valence-electron chi connectivity index (χ2n) is 5.71. The first-order valence-corrected chi connectivity index (χ1v) is 7.51. The van der Waals surface area contributed by atoms with Crippen molar-refractivity contribution in [3.63, 3.8) is 0 Å². The smallest absolute Gasteiger partial charge is 0.407 e. The van der Waals surface area contributed by atoms with Gasteiger partial charge in [0.2, 0.25) is 0 Å². The van der Waals surface area contributed by atoms with Crippen LogP contribution in [-0.4, -0.2) is 43.7 Å². The third-order valence-electron chi connectivity index (χ3n) is 2.32. The van der Waals surface area contributed by atoms with Gasteiger partial charge in [-0.1, -0.05) is 0 Å². The molecule has 7 heteroatoms. The number of hydrogen-bond donors (Lipinski definition) is 2. The molecule has 21 heavy (non-hydrogen) atoms. The Morgan fingerprint density at radius 1 is 1.43 bits per heavy atom. The number of carbonyl (C=O) groups excluding carboxylic acids is 1. The lowest BCUT2D eigenvalue weighted by Gasteiger charge is -2.22. The molecule has 0 fully saturated rings. The van der Waals surface area contributed by atoms with E-state index in [-0.39, 0.29) is 12.6 Å². The molecule has 0 aromatic carbocycles. The number of carbonyl (C=O) groups is 1. The molecule has 0 spiro atoms. The number of rotatable bonds is 6. The van der Waals surface area contributed by atoms with Gasteiger partial charge in [0.1, 0.15) is 5.60 Å². The van der Waals surface area contributed by atoms with Crippen LogP contribution in [0.2, 0.25) is 0 Å². The van der Waals surface area contributed by atoms with E-state index in [0.717, 1.165) is 10.2 Å². The van der Waals surface area contributed by atoms with Crippen molar-refractivity contribution in [3.05, 3.63) is 10.2 Å². The molecular formula is C14H26BrN3O3. The highest BCUT2D eigenvalue weighted by atomic mass is 79.9. The second kappa shape index (κ2) is 9.04. The number of nitrogens with zero attached hydrogens (tertiary/aromatic N) is 1.